The Bertz CT molecular complexity index is 1310. The number of aromatic carboxylic acids is 1. The normalized spacial score (nSPS) is 15.9. The lowest BCUT2D eigenvalue weighted by molar-refractivity contribution is 0.0696. The van der Waals surface area contributed by atoms with E-state index in [9.17, 15) is 9.90 Å². The van der Waals surface area contributed by atoms with Crippen LogP contribution in [0.3, 0.4) is 0 Å². The zero-order chi connectivity index (χ0) is 22.4. The van der Waals surface area contributed by atoms with Crippen LogP contribution >= 0.6 is 0 Å². The highest BCUT2D eigenvalue weighted by molar-refractivity contribution is 5.88. The number of rotatable bonds is 3. The summed E-state index contributed by atoms with van der Waals surface area (Å²) in [5.41, 5.74) is 6.37. The number of carboxylic acid groups (broad SMARTS) is 1. The van der Waals surface area contributed by atoms with Crippen LogP contribution in [-0.4, -0.2) is 42.3 Å². The minimum absolute atomic E-state index is 0.147. The number of hydrogen-bond donors (Lipinski definition) is 1. The molecule has 0 bridgehead atoms. The van der Waals surface area contributed by atoms with Gasteiger partial charge in [-0.15, -0.1) is 10.2 Å². The van der Waals surface area contributed by atoms with E-state index in [1.807, 2.05) is 0 Å². The van der Waals surface area contributed by atoms with Gasteiger partial charge in [-0.1, -0.05) is 48.5 Å². The Hall–Kier alpha value is -3.84. The Kier molecular flexibility index (Phi) is 4.77. The first-order chi connectivity index (χ1) is 16.2. The van der Waals surface area contributed by atoms with Crippen molar-refractivity contribution in [1.82, 2.24) is 24.6 Å². The summed E-state index contributed by atoms with van der Waals surface area (Å²) in [5.74, 6) is 0.553. The van der Waals surface area contributed by atoms with E-state index in [1.165, 1.54) is 28.5 Å². The standard InChI is InChI=1S/C26H23N5O2/c32-26(33)20-13-19(14-27-15-20)25-29-28-23-16-30(11-12-31(23)25)24-21-7-3-1-5-17(21)9-10-18-6-2-4-8-22(18)24/h1-8,13-15,24H,9-12,16H2,(H,32,33). The van der Waals surface area contributed by atoms with E-state index < -0.39 is 5.97 Å². The quantitative estimate of drug-likeness (QED) is 0.526. The van der Waals surface area contributed by atoms with Gasteiger partial charge in [0, 0.05) is 31.0 Å². The van der Waals surface area contributed by atoms with Crippen LogP contribution in [0, 0.1) is 0 Å². The summed E-state index contributed by atoms with van der Waals surface area (Å²) in [7, 11) is 0. The van der Waals surface area contributed by atoms with Gasteiger partial charge in [-0.3, -0.25) is 9.88 Å². The van der Waals surface area contributed by atoms with E-state index in [2.05, 4.69) is 73.2 Å². The number of benzene rings is 2. The van der Waals surface area contributed by atoms with E-state index >= 15 is 0 Å². The molecule has 7 heteroatoms. The van der Waals surface area contributed by atoms with Gasteiger partial charge in [-0.25, -0.2) is 4.79 Å². The maximum absolute atomic E-state index is 11.4. The highest BCUT2D eigenvalue weighted by Crippen LogP contribution is 2.38. The van der Waals surface area contributed by atoms with Gasteiger partial charge in [0.05, 0.1) is 18.2 Å². The van der Waals surface area contributed by atoms with E-state index in [0.717, 1.165) is 31.8 Å². The number of pyridine rings is 1. The number of aryl methyl sites for hydroxylation is 2. The first kappa shape index (κ1) is 19.8. The second kappa shape index (κ2) is 7.94. The average molecular weight is 438 g/mol. The van der Waals surface area contributed by atoms with E-state index in [0.29, 0.717) is 17.9 Å². The van der Waals surface area contributed by atoms with Gasteiger partial charge in [-0.2, -0.15) is 0 Å². The summed E-state index contributed by atoms with van der Waals surface area (Å²) in [6.45, 7) is 2.25. The highest BCUT2D eigenvalue weighted by Gasteiger charge is 2.32. The van der Waals surface area contributed by atoms with Crippen LogP contribution in [0.1, 0.15) is 44.5 Å². The maximum atomic E-state index is 11.4. The fourth-order valence-corrected chi connectivity index (χ4v) is 5.18. The molecule has 6 rings (SSSR count). The van der Waals surface area contributed by atoms with Crippen LogP contribution in [0.4, 0.5) is 0 Å². The van der Waals surface area contributed by atoms with Crippen LogP contribution in [0.5, 0.6) is 0 Å². The number of fused-ring (bicyclic) bond motifs is 3. The third-order valence-electron chi connectivity index (χ3n) is 6.75. The van der Waals surface area contributed by atoms with Gasteiger partial charge in [0.15, 0.2) is 5.82 Å². The zero-order valence-corrected chi connectivity index (χ0v) is 18.1. The molecule has 1 N–H and O–H groups in total. The van der Waals surface area contributed by atoms with Gasteiger partial charge in [0.2, 0.25) is 0 Å². The van der Waals surface area contributed by atoms with E-state index in [1.54, 1.807) is 12.3 Å². The summed E-state index contributed by atoms with van der Waals surface area (Å²) in [6.07, 6.45) is 5.09. The van der Waals surface area contributed by atoms with Crippen LogP contribution in [0.25, 0.3) is 11.4 Å². The summed E-state index contributed by atoms with van der Waals surface area (Å²) in [6, 6.07) is 19.3. The molecule has 1 aliphatic heterocycles. The molecule has 0 fully saturated rings. The molecule has 4 aromatic rings. The van der Waals surface area contributed by atoms with Crippen molar-refractivity contribution in [3.05, 3.63) is 101 Å². The van der Waals surface area contributed by atoms with Crippen molar-refractivity contribution in [2.24, 2.45) is 0 Å². The average Bonchev–Trinajstić information content (AvgIpc) is 3.20. The molecule has 0 unspecified atom stereocenters. The van der Waals surface area contributed by atoms with Crippen molar-refractivity contribution in [2.75, 3.05) is 6.54 Å². The van der Waals surface area contributed by atoms with Crippen molar-refractivity contribution in [1.29, 1.82) is 0 Å². The fraction of sp³-hybridized carbons (Fsp3) is 0.231. The molecule has 7 nitrogen and oxygen atoms in total. The summed E-state index contributed by atoms with van der Waals surface area (Å²) in [4.78, 5) is 17.9. The van der Waals surface area contributed by atoms with Crippen molar-refractivity contribution in [2.45, 2.75) is 32.0 Å². The lowest BCUT2D eigenvalue weighted by atomic mass is 9.93. The minimum Gasteiger partial charge on any atom is -0.478 e. The summed E-state index contributed by atoms with van der Waals surface area (Å²) >= 11 is 0. The molecule has 2 aromatic carbocycles. The van der Waals surface area contributed by atoms with Gasteiger partial charge >= 0.3 is 5.97 Å². The second-order valence-electron chi connectivity index (χ2n) is 8.63. The largest absolute Gasteiger partial charge is 0.478 e. The predicted octanol–water partition coefficient (Wildman–Crippen LogP) is 3.74. The molecule has 1 aliphatic carbocycles. The van der Waals surface area contributed by atoms with Crippen LogP contribution in [0.15, 0.2) is 67.0 Å². The molecule has 0 radical (unpaired) electrons. The molecule has 0 saturated heterocycles. The Morgan fingerprint density at radius 1 is 0.909 bits per heavy atom. The van der Waals surface area contributed by atoms with Crippen molar-refractivity contribution in [3.8, 4) is 11.4 Å². The monoisotopic (exact) mass is 437 g/mol. The highest BCUT2D eigenvalue weighted by atomic mass is 16.4. The Morgan fingerprint density at radius 3 is 2.30 bits per heavy atom. The molecule has 2 aliphatic rings. The van der Waals surface area contributed by atoms with E-state index in [-0.39, 0.29) is 11.6 Å². The second-order valence-corrected chi connectivity index (χ2v) is 8.63. The van der Waals surface area contributed by atoms with Crippen molar-refractivity contribution >= 4 is 5.97 Å². The molecule has 0 amide bonds. The van der Waals surface area contributed by atoms with Crippen LogP contribution in [0.2, 0.25) is 0 Å². The SMILES string of the molecule is O=C(O)c1cncc(-c2nnc3n2CCN(C2c4ccccc4CCc4ccccc42)C3)c1. The number of carboxylic acids is 1. The van der Waals surface area contributed by atoms with Gasteiger partial charge in [0.25, 0.3) is 0 Å². The van der Waals surface area contributed by atoms with Crippen LogP contribution < -0.4 is 0 Å². The smallest absolute Gasteiger partial charge is 0.337 e. The molecule has 2 aromatic heterocycles. The molecular formula is C26H23N5O2. The number of aromatic nitrogens is 4. The first-order valence-electron chi connectivity index (χ1n) is 11.2. The van der Waals surface area contributed by atoms with Crippen LogP contribution in [-0.2, 0) is 25.9 Å². The third-order valence-corrected chi connectivity index (χ3v) is 6.75. The molecule has 164 valence electrons. The number of hydrogen-bond acceptors (Lipinski definition) is 5. The van der Waals surface area contributed by atoms with E-state index in [4.69, 9.17) is 0 Å². The third kappa shape index (κ3) is 3.41. The van der Waals surface area contributed by atoms with Crippen molar-refractivity contribution in [3.63, 3.8) is 0 Å². The lowest BCUT2D eigenvalue weighted by Gasteiger charge is -2.36. The molecular weight excluding hydrogens is 414 g/mol. The molecule has 0 saturated carbocycles. The Labute approximate surface area is 191 Å². The zero-order valence-electron chi connectivity index (χ0n) is 18.1. The Morgan fingerprint density at radius 2 is 1.61 bits per heavy atom. The topological polar surface area (TPSA) is 84.1 Å². The molecule has 3 heterocycles. The molecule has 0 spiro atoms. The van der Waals surface area contributed by atoms with Gasteiger partial charge in [0.1, 0.15) is 5.82 Å². The maximum Gasteiger partial charge on any atom is 0.337 e. The molecule has 33 heavy (non-hydrogen) atoms. The number of carbonyl (C=O) groups is 1. The predicted molar refractivity (Wildman–Crippen MR) is 123 cm³/mol. The van der Waals surface area contributed by atoms with Gasteiger partial charge in [-0.05, 0) is 41.2 Å². The van der Waals surface area contributed by atoms with Crippen molar-refractivity contribution < 1.29 is 9.90 Å². The summed E-state index contributed by atoms with van der Waals surface area (Å²) in [5, 5.41) is 18.2. The number of nitrogens with zero attached hydrogens (tertiary/aromatic N) is 5. The fourth-order valence-electron chi connectivity index (χ4n) is 5.18. The lowest BCUT2D eigenvalue weighted by Crippen LogP contribution is -2.37. The molecule has 0 atom stereocenters. The Balaban J connectivity index is 1.38. The first-order valence-corrected chi connectivity index (χ1v) is 11.2. The summed E-state index contributed by atoms with van der Waals surface area (Å²) < 4.78 is 2.09. The minimum atomic E-state index is -1.00. The van der Waals surface area contributed by atoms with Gasteiger partial charge < -0.3 is 9.67 Å².